The minimum atomic E-state index is -0.781. The first-order valence-electron chi connectivity index (χ1n) is 13.6. The molecule has 0 aromatic heterocycles. The van der Waals surface area contributed by atoms with Crippen LogP contribution >= 0.6 is 0 Å². The first-order chi connectivity index (χ1) is 19.3. The van der Waals surface area contributed by atoms with Crippen LogP contribution in [0.2, 0.25) is 0 Å². The maximum absolute atomic E-state index is 14.0. The molecule has 4 amide bonds. The number of rotatable bonds is 7. The van der Waals surface area contributed by atoms with Crippen molar-refractivity contribution >= 4 is 17.8 Å². The number of phenols is 1. The molecular weight excluding hydrogens is 506 g/mol. The molecule has 2 saturated heterocycles. The van der Waals surface area contributed by atoms with Crippen molar-refractivity contribution in [3.05, 3.63) is 102 Å². The second-order valence-electron chi connectivity index (χ2n) is 10.5. The maximum Gasteiger partial charge on any atom is 0.334 e. The highest BCUT2D eigenvalue weighted by Gasteiger charge is 2.50. The van der Waals surface area contributed by atoms with Crippen LogP contribution in [0.4, 0.5) is 4.79 Å². The largest absolute Gasteiger partial charge is 0.508 e. The summed E-state index contributed by atoms with van der Waals surface area (Å²) in [7, 11) is 1.72. The predicted octanol–water partition coefficient (Wildman–Crippen LogP) is 3.18. The summed E-state index contributed by atoms with van der Waals surface area (Å²) >= 11 is 0. The Morgan fingerprint density at radius 3 is 2.27 bits per heavy atom. The standard InChI is InChI=1S/C31H35N5O4/c1-22(25-11-7-4-8-12-25)19-34-20-28-35(27(30(34)39)17-23-13-15-26(37)16-14-23)29(38)21-33(2)36(28)31(40)32-18-24-9-5-3-6-10-24/h3-16,22,27-28,37H,17-21H2,1-2H3,(H,32,40)/t22?,27-,28?/m0/s1. The zero-order chi connectivity index (χ0) is 28.2. The number of hydrogen-bond donors (Lipinski definition) is 2. The van der Waals surface area contributed by atoms with Crippen molar-refractivity contribution in [1.29, 1.82) is 0 Å². The highest BCUT2D eigenvalue weighted by molar-refractivity contribution is 5.91. The zero-order valence-corrected chi connectivity index (χ0v) is 22.8. The average molecular weight is 542 g/mol. The number of amides is 4. The number of aromatic hydroxyl groups is 1. The van der Waals surface area contributed by atoms with Gasteiger partial charge in [0.15, 0.2) is 0 Å². The number of phenolic OH excluding ortho intramolecular Hbond substituents is 1. The van der Waals surface area contributed by atoms with Crippen molar-refractivity contribution in [3.63, 3.8) is 0 Å². The summed E-state index contributed by atoms with van der Waals surface area (Å²) in [6, 6.07) is 25.2. The van der Waals surface area contributed by atoms with Crippen LogP contribution in [-0.2, 0) is 22.6 Å². The van der Waals surface area contributed by atoms with Crippen LogP contribution in [0.3, 0.4) is 0 Å². The number of likely N-dealkylation sites (N-methyl/N-ethyl adjacent to an activating group) is 1. The molecule has 2 N–H and O–H groups in total. The van der Waals surface area contributed by atoms with Gasteiger partial charge in [-0.15, -0.1) is 0 Å². The lowest BCUT2D eigenvalue weighted by Crippen LogP contribution is -2.76. The fourth-order valence-corrected chi connectivity index (χ4v) is 5.60. The van der Waals surface area contributed by atoms with E-state index in [-0.39, 0.29) is 49.0 Å². The van der Waals surface area contributed by atoms with Crippen molar-refractivity contribution in [3.8, 4) is 5.75 Å². The number of benzene rings is 3. The molecule has 0 spiro atoms. The molecule has 2 fully saturated rings. The Morgan fingerprint density at radius 2 is 1.60 bits per heavy atom. The van der Waals surface area contributed by atoms with Gasteiger partial charge >= 0.3 is 6.03 Å². The molecule has 3 aromatic carbocycles. The Bertz CT molecular complexity index is 1330. The first-order valence-corrected chi connectivity index (χ1v) is 13.6. The smallest absolute Gasteiger partial charge is 0.334 e. The summed E-state index contributed by atoms with van der Waals surface area (Å²) in [6.45, 7) is 3.06. The summed E-state index contributed by atoms with van der Waals surface area (Å²) in [6.07, 6.45) is -0.384. The number of nitrogens with zero attached hydrogens (tertiary/aromatic N) is 4. The molecule has 9 heteroatoms. The number of carbonyl (C=O) groups is 3. The van der Waals surface area contributed by atoms with Crippen LogP contribution in [0.5, 0.6) is 5.75 Å². The van der Waals surface area contributed by atoms with Gasteiger partial charge in [0, 0.05) is 26.6 Å². The highest BCUT2D eigenvalue weighted by atomic mass is 16.3. The van der Waals surface area contributed by atoms with Gasteiger partial charge in [-0.25, -0.2) is 14.8 Å². The van der Waals surface area contributed by atoms with Crippen molar-refractivity contribution < 1.29 is 19.5 Å². The summed E-state index contributed by atoms with van der Waals surface area (Å²) in [5, 5.41) is 15.9. The summed E-state index contributed by atoms with van der Waals surface area (Å²) in [5.74, 6) is -0.155. The normalized spacial score (nSPS) is 20.3. The maximum atomic E-state index is 14.0. The first kappa shape index (κ1) is 27.2. The van der Waals surface area contributed by atoms with E-state index in [0.717, 1.165) is 16.7 Å². The van der Waals surface area contributed by atoms with Crippen molar-refractivity contribution in [2.75, 3.05) is 26.7 Å². The number of fused-ring (bicyclic) bond motifs is 1. The van der Waals surface area contributed by atoms with Crippen LogP contribution in [0.25, 0.3) is 0 Å². The number of urea groups is 1. The molecule has 208 valence electrons. The molecule has 0 aliphatic carbocycles. The molecule has 0 bridgehead atoms. The highest BCUT2D eigenvalue weighted by Crippen LogP contribution is 2.29. The molecule has 2 heterocycles. The van der Waals surface area contributed by atoms with Gasteiger partial charge in [0.1, 0.15) is 18.0 Å². The molecule has 2 unspecified atom stereocenters. The molecule has 3 atom stereocenters. The fraction of sp³-hybridized carbons (Fsp3) is 0.323. The zero-order valence-electron chi connectivity index (χ0n) is 22.8. The van der Waals surface area contributed by atoms with E-state index in [2.05, 4.69) is 12.2 Å². The molecule has 0 radical (unpaired) electrons. The van der Waals surface area contributed by atoms with Gasteiger partial charge in [-0.2, -0.15) is 0 Å². The third kappa shape index (κ3) is 5.79. The van der Waals surface area contributed by atoms with Gasteiger partial charge in [-0.05, 0) is 34.7 Å². The minimum absolute atomic E-state index is 0.0188. The summed E-state index contributed by atoms with van der Waals surface area (Å²) < 4.78 is 0. The van der Waals surface area contributed by atoms with Crippen LogP contribution in [-0.4, -0.2) is 81.7 Å². The van der Waals surface area contributed by atoms with Gasteiger partial charge in [0.2, 0.25) is 11.8 Å². The number of hydrazine groups is 1. The monoisotopic (exact) mass is 541 g/mol. The lowest BCUT2D eigenvalue weighted by atomic mass is 9.96. The second-order valence-corrected chi connectivity index (χ2v) is 10.5. The Kier molecular flexibility index (Phi) is 8.02. The molecule has 2 aliphatic rings. The lowest BCUT2D eigenvalue weighted by Gasteiger charge is -2.54. The van der Waals surface area contributed by atoms with Crippen molar-refractivity contribution in [2.45, 2.75) is 38.0 Å². The van der Waals surface area contributed by atoms with E-state index >= 15 is 0 Å². The Morgan fingerprint density at radius 1 is 0.950 bits per heavy atom. The molecule has 9 nitrogen and oxygen atoms in total. The third-order valence-corrected chi connectivity index (χ3v) is 7.66. The van der Waals surface area contributed by atoms with Gasteiger partial charge < -0.3 is 20.2 Å². The molecule has 5 rings (SSSR count). The summed E-state index contributed by atoms with van der Waals surface area (Å²) in [4.78, 5) is 44.4. The van der Waals surface area contributed by atoms with Crippen LogP contribution in [0.15, 0.2) is 84.9 Å². The van der Waals surface area contributed by atoms with E-state index in [9.17, 15) is 19.5 Å². The number of carbonyl (C=O) groups excluding carboxylic acids is 3. The Labute approximate surface area is 234 Å². The second kappa shape index (κ2) is 11.8. The molecule has 2 aliphatic heterocycles. The fourth-order valence-electron chi connectivity index (χ4n) is 5.60. The van der Waals surface area contributed by atoms with E-state index in [0.29, 0.717) is 13.1 Å². The number of piperazine rings is 1. The van der Waals surface area contributed by atoms with Gasteiger partial charge in [0.05, 0.1) is 13.1 Å². The Hall–Kier alpha value is -4.37. The van der Waals surface area contributed by atoms with E-state index < -0.39 is 12.2 Å². The number of nitrogens with one attached hydrogen (secondary N) is 1. The van der Waals surface area contributed by atoms with E-state index in [1.165, 1.54) is 0 Å². The minimum Gasteiger partial charge on any atom is -0.508 e. The third-order valence-electron chi connectivity index (χ3n) is 7.66. The predicted molar refractivity (Wildman–Crippen MR) is 151 cm³/mol. The summed E-state index contributed by atoms with van der Waals surface area (Å²) in [5.41, 5.74) is 2.90. The van der Waals surface area contributed by atoms with Crippen LogP contribution in [0, 0.1) is 0 Å². The molecule has 40 heavy (non-hydrogen) atoms. The average Bonchev–Trinajstić information content (AvgIpc) is 2.96. The quantitative estimate of drug-likeness (QED) is 0.479. The Balaban J connectivity index is 1.44. The van der Waals surface area contributed by atoms with Gasteiger partial charge in [-0.3, -0.25) is 9.59 Å². The molecule has 3 aromatic rings. The molecule has 0 saturated carbocycles. The van der Waals surface area contributed by atoms with E-state index in [1.807, 2.05) is 60.7 Å². The molecular formula is C31H35N5O4. The van der Waals surface area contributed by atoms with Crippen molar-refractivity contribution in [1.82, 2.24) is 25.1 Å². The van der Waals surface area contributed by atoms with Gasteiger partial charge in [0.25, 0.3) is 0 Å². The van der Waals surface area contributed by atoms with Gasteiger partial charge in [-0.1, -0.05) is 79.7 Å². The topological polar surface area (TPSA) is 96.4 Å². The van der Waals surface area contributed by atoms with E-state index in [1.54, 1.807) is 51.1 Å². The van der Waals surface area contributed by atoms with Crippen LogP contribution < -0.4 is 5.32 Å². The number of hydrogen-bond acceptors (Lipinski definition) is 5. The van der Waals surface area contributed by atoms with E-state index in [4.69, 9.17) is 0 Å². The van der Waals surface area contributed by atoms with Crippen molar-refractivity contribution in [2.24, 2.45) is 0 Å². The SMILES string of the molecule is CC(CN1CC2N(C(=O)CN(C)N2C(=O)NCc2ccccc2)[C@@H](Cc2ccc(O)cc2)C1=O)c1ccccc1. The lowest BCUT2D eigenvalue weighted by molar-refractivity contribution is -0.187. The van der Waals surface area contributed by atoms with Crippen LogP contribution in [0.1, 0.15) is 29.5 Å².